The summed E-state index contributed by atoms with van der Waals surface area (Å²) < 4.78 is 0. The Kier molecular flexibility index (Phi) is 5.47. The molecule has 100 valence electrons. The second kappa shape index (κ2) is 6.64. The van der Waals surface area contributed by atoms with Gasteiger partial charge in [-0.3, -0.25) is 10.1 Å². The highest BCUT2D eigenvalue weighted by molar-refractivity contribution is 7.99. The third-order valence-corrected chi connectivity index (χ3v) is 4.55. The minimum atomic E-state index is -0.362. The van der Waals surface area contributed by atoms with Crippen LogP contribution in [0.25, 0.3) is 0 Å². The van der Waals surface area contributed by atoms with Crippen molar-refractivity contribution in [2.45, 2.75) is 31.8 Å². The lowest BCUT2D eigenvalue weighted by Gasteiger charge is -2.15. The zero-order valence-electron chi connectivity index (χ0n) is 11.3. The second-order valence-corrected chi connectivity index (χ2v) is 5.98. The van der Waals surface area contributed by atoms with Crippen molar-refractivity contribution in [2.24, 2.45) is 5.92 Å². The number of hydrogen-bond donors (Lipinski definition) is 1. The average Bonchev–Trinajstić information content (AvgIpc) is 2.34. The van der Waals surface area contributed by atoms with Gasteiger partial charge in [0.1, 0.15) is 5.69 Å². The van der Waals surface area contributed by atoms with Crippen LogP contribution in [0.3, 0.4) is 0 Å². The Hall–Kier alpha value is -1.23. The molecular weight excluding hydrogens is 248 g/mol. The molecule has 18 heavy (non-hydrogen) atoms. The molecule has 0 aliphatic rings. The van der Waals surface area contributed by atoms with Gasteiger partial charge in [-0.15, -0.1) is 0 Å². The highest BCUT2D eigenvalue weighted by atomic mass is 32.2. The van der Waals surface area contributed by atoms with Crippen molar-refractivity contribution >= 4 is 23.1 Å². The largest absolute Gasteiger partial charge is 0.383 e. The van der Waals surface area contributed by atoms with Gasteiger partial charge in [0.05, 0.1) is 4.92 Å². The van der Waals surface area contributed by atoms with E-state index >= 15 is 0 Å². The van der Waals surface area contributed by atoms with Crippen LogP contribution in [0, 0.1) is 16.0 Å². The first-order valence-corrected chi connectivity index (χ1v) is 7.07. The molecule has 0 aliphatic heterocycles. The minimum Gasteiger partial charge on any atom is -0.383 e. The Morgan fingerprint density at radius 3 is 2.56 bits per heavy atom. The van der Waals surface area contributed by atoms with E-state index in [1.54, 1.807) is 13.1 Å². The molecule has 0 radical (unpaired) electrons. The van der Waals surface area contributed by atoms with E-state index < -0.39 is 0 Å². The lowest BCUT2D eigenvalue weighted by atomic mass is 10.2. The third-order valence-electron chi connectivity index (χ3n) is 2.98. The number of nitrogens with zero attached hydrogens (tertiary/aromatic N) is 1. The van der Waals surface area contributed by atoms with Gasteiger partial charge < -0.3 is 5.32 Å². The number of rotatable bonds is 6. The van der Waals surface area contributed by atoms with Crippen molar-refractivity contribution < 1.29 is 4.92 Å². The molecule has 1 unspecified atom stereocenters. The first kappa shape index (κ1) is 14.8. The lowest BCUT2D eigenvalue weighted by molar-refractivity contribution is -0.383. The first-order chi connectivity index (χ1) is 8.45. The summed E-state index contributed by atoms with van der Waals surface area (Å²) in [6.07, 6.45) is 0. The van der Waals surface area contributed by atoms with Crippen LogP contribution in [0.5, 0.6) is 0 Å². The predicted molar refractivity (Wildman–Crippen MR) is 78.2 cm³/mol. The van der Waals surface area contributed by atoms with E-state index in [1.807, 2.05) is 23.9 Å². The highest BCUT2D eigenvalue weighted by Crippen LogP contribution is 2.29. The Morgan fingerprint density at radius 1 is 1.39 bits per heavy atom. The molecule has 0 saturated heterocycles. The minimum absolute atomic E-state index is 0.128. The van der Waals surface area contributed by atoms with Gasteiger partial charge in [-0.05, 0) is 17.5 Å². The average molecular weight is 268 g/mol. The number of nitrogens with one attached hydrogen (secondary N) is 1. The van der Waals surface area contributed by atoms with Gasteiger partial charge in [0.25, 0.3) is 5.69 Å². The van der Waals surface area contributed by atoms with E-state index in [-0.39, 0.29) is 10.6 Å². The summed E-state index contributed by atoms with van der Waals surface area (Å²) in [5.41, 5.74) is 1.82. The predicted octanol–water partition coefficient (Wildman–Crippen LogP) is 3.91. The fraction of sp³-hybridized carbons (Fsp3) is 0.538. The molecule has 4 nitrogen and oxygen atoms in total. The van der Waals surface area contributed by atoms with Crippen LogP contribution < -0.4 is 5.32 Å². The number of thioether (sulfide) groups is 1. The lowest BCUT2D eigenvalue weighted by Crippen LogP contribution is -2.06. The first-order valence-electron chi connectivity index (χ1n) is 6.02. The molecular formula is C13H20N2O2S. The number of nitro groups is 1. The van der Waals surface area contributed by atoms with E-state index in [2.05, 4.69) is 26.1 Å². The normalized spacial score (nSPS) is 12.5. The topological polar surface area (TPSA) is 55.2 Å². The van der Waals surface area contributed by atoms with Crippen molar-refractivity contribution in [1.82, 2.24) is 0 Å². The van der Waals surface area contributed by atoms with Crippen molar-refractivity contribution in [3.8, 4) is 0 Å². The summed E-state index contributed by atoms with van der Waals surface area (Å²) >= 11 is 1.87. The second-order valence-electron chi connectivity index (χ2n) is 4.62. The van der Waals surface area contributed by atoms with E-state index in [0.29, 0.717) is 16.9 Å². The highest BCUT2D eigenvalue weighted by Gasteiger charge is 2.13. The van der Waals surface area contributed by atoms with Crippen LogP contribution in [-0.4, -0.2) is 17.2 Å². The van der Waals surface area contributed by atoms with Gasteiger partial charge in [0.2, 0.25) is 0 Å². The number of nitro benzene ring substituents is 1. The Morgan fingerprint density at radius 2 is 2.06 bits per heavy atom. The molecule has 0 spiro atoms. The zero-order valence-corrected chi connectivity index (χ0v) is 12.1. The molecule has 5 heteroatoms. The van der Waals surface area contributed by atoms with Gasteiger partial charge in [-0.1, -0.05) is 26.8 Å². The quantitative estimate of drug-likeness (QED) is 0.627. The summed E-state index contributed by atoms with van der Waals surface area (Å²) in [4.78, 5) is 10.4. The van der Waals surface area contributed by atoms with E-state index in [1.165, 1.54) is 0 Å². The Bertz CT molecular complexity index is 421. The van der Waals surface area contributed by atoms with E-state index in [0.717, 1.165) is 11.3 Å². The maximum atomic E-state index is 10.8. The number of anilines is 1. The molecule has 0 aromatic heterocycles. The SMILES string of the molecule is CNc1cc(CSC(C)C(C)C)ccc1[N+](=O)[O-]. The van der Waals surface area contributed by atoms with Crippen molar-refractivity contribution in [3.63, 3.8) is 0 Å². The summed E-state index contributed by atoms with van der Waals surface area (Å²) in [6.45, 7) is 6.61. The standard InChI is InChI=1S/C13H20N2O2S/c1-9(2)10(3)18-8-11-5-6-13(15(16)17)12(7-11)14-4/h5-7,9-10,14H,8H2,1-4H3. The van der Waals surface area contributed by atoms with Crippen LogP contribution in [0.1, 0.15) is 26.3 Å². The van der Waals surface area contributed by atoms with Crippen LogP contribution in [0.15, 0.2) is 18.2 Å². The molecule has 0 heterocycles. The molecule has 0 bridgehead atoms. The molecule has 1 N–H and O–H groups in total. The summed E-state index contributed by atoms with van der Waals surface area (Å²) in [6, 6.07) is 5.26. The summed E-state index contributed by atoms with van der Waals surface area (Å²) in [7, 11) is 1.70. The van der Waals surface area contributed by atoms with Gasteiger partial charge in [-0.25, -0.2) is 0 Å². The van der Waals surface area contributed by atoms with Gasteiger partial charge in [0.15, 0.2) is 0 Å². The van der Waals surface area contributed by atoms with Crippen molar-refractivity contribution in [2.75, 3.05) is 12.4 Å². The maximum absolute atomic E-state index is 10.8. The molecule has 1 atom stereocenters. The molecule has 0 aliphatic carbocycles. The molecule has 1 aromatic rings. The van der Waals surface area contributed by atoms with E-state index in [9.17, 15) is 10.1 Å². The Labute approximate surface area is 112 Å². The van der Waals surface area contributed by atoms with Crippen LogP contribution >= 0.6 is 11.8 Å². The molecule has 0 amide bonds. The molecule has 1 rings (SSSR count). The number of hydrogen-bond acceptors (Lipinski definition) is 4. The Balaban J connectivity index is 2.77. The van der Waals surface area contributed by atoms with Crippen LogP contribution in [0.4, 0.5) is 11.4 Å². The smallest absolute Gasteiger partial charge is 0.292 e. The molecule has 0 saturated carbocycles. The molecule has 0 fully saturated rings. The van der Waals surface area contributed by atoms with Crippen LogP contribution in [-0.2, 0) is 5.75 Å². The maximum Gasteiger partial charge on any atom is 0.292 e. The number of benzene rings is 1. The fourth-order valence-electron chi connectivity index (χ4n) is 1.45. The van der Waals surface area contributed by atoms with Gasteiger partial charge >= 0.3 is 0 Å². The van der Waals surface area contributed by atoms with Gasteiger partial charge in [-0.2, -0.15) is 11.8 Å². The summed E-state index contributed by atoms with van der Waals surface area (Å²) in [5, 5.41) is 14.3. The van der Waals surface area contributed by atoms with E-state index in [4.69, 9.17) is 0 Å². The van der Waals surface area contributed by atoms with Crippen LogP contribution in [0.2, 0.25) is 0 Å². The monoisotopic (exact) mass is 268 g/mol. The zero-order chi connectivity index (χ0) is 13.7. The van der Waals surface area contributed by atoms with Crippen molar-refractivity contribution in [3.05, 3.63) is 33.9 Å². The third kappa shape index (κ3) is 3.91. The molecule has 1 aromatic carbocycles. The van der Waals surface area contributed by atoms with Crippen molar-refractivity contribution in [1.29, 1.82) is 0 Å². The van der Waals surface area contributed by atoms with Gasteiger partial charge in [0, 0.05) is 24.1 Å². The summed E-state index contributed by atoms with van der Waals surface area (Å²) in [5.74, 6) is 1.52. The fourth-order valence-corrected chi connectivity index (χ4v) is 2.47.